The van der Waals surface area contributed by atoms with Gasteiger partial charge in [0.25, 0.3) is 6.01 Å². The van der Waals surface area contributed by atoms with Gasteiger partial charge in [-0.2, -0.15) is 4.98 Å². The average molecular weight is 230 g/mol. The van der Waals surface area contributed by atoms with Crippen LogP contribution in [0.25, 0.3) is 0 Å². The van der Waals surface area contributed by atoms with E-state index >= 15 is 0 Å². The first-order valence-corrected chi connectivity index (χ1v) is 4.85. The Kier molecular flexibility index (Phi) is 5.30. The molecule has 0 saturated carbocycles. The van der Waals surface area contributed by atoms with E-state index in [1.54, 1.807) is 0 Å². The van der Waals surface area contributed by atoms with E-state index in [2.05, 4.69) is 10.3 Å². The number of aliphatic hydroxyl groups is 1. The molecule has 0 aliphatic carbocycles. The molecule has 1 heterocycles. The number of anilines is 1. The lowest BCUT2D eigenvalue weighted by atomic mass is 10.4. The molecule has 1 rings (SSSR count). The quantitative estimate of drug-likeness (QED) is 0.547. The largest absolute Gasteiger partial charge is 0.476 e. The van der Waals surface area contributed by atoms with E-state index in [4.69, 9.17) is 19.4 Å². The molecule has 7 heteroatoms. The van der Waals surface area contributed by atoms with Gasteiger partial charge in [-0.25, -0.2) is 4.79 Å². The molecule has 0 aliphatic heterocycles. The Morgan fingerprint density at radius 1 is 1.56 bits per heavy atom. The lowest BCUT2D eigenvalue weighted by Gasteiger charge is -2.02. The summed E-state index contributed by atoms with van der Waals surface area (Å²) in [5.74, 6) is -1.12. The Bertz CT molecular complexity index is 325. The van der Waals surface area contributed by atoms with E-state index < -0.39 is 5.97 Å². The second kappa shape index (κ2) is 6.81. The highest BCUT2D eigenvalue weighted by molar-refractivity contribution is 5.85. The molecule has 1 aromatic rings. The SMILES string of the molecule is O=C(O)c1coc(NCCCOCCO)n1. The molecule has 0 aliphatic rings. The van der Waals surface area contributed by atoms with Crippen LogP contribution in [0.1, 0.15) is 16.9 Å². The number of nitrogens with zero attached hydrogens (tertiary/aromatic N) is 1. The van der Waals surface area contributed by atoms with Crippen molar-refractivity contribution >= 4 is 12.0 Å². The minimum atomic E-state index is -1.12. The van der Waals surface area contributed by atoms with Crippen LogP contribution in [0, 0.1) is 0 Å². The number of carboxylic acids is 1. The van der Waals surface area contributed by atoms with Crippen molar-refractivity contribution in [3.63, 3.8) is 0 Å². The highest BCUT2D eigenvalue weighted by Gasteiger charge is 2.09. The number of carbonyl (C=O) groups is 1. The van der Waals surface area contributed by atoms with Gasteiger partial charge >= 0.3 is 5.97 Å². The third-order valence-corrected chi connectivity index (χ3v) is 1.70. The predicted octanol–water partition coefficient (Wildman–Crippen LogP) is 0.184. The molecule has 3 N–H and O–H groups in total. The standard InChI is InChI=1S/C9H14N2O5/c12-3-5-15-4-1-2-10-9-11-7(6-16-9)8(13)14/h6,12H,1-5H2,(H,10,11)(H,13,14). The van der Waals surface area contributed by atoms with E-state index in [0.717, 1.165) is 6.26 Å². The van der Waals surface area contributed by atoms with E-state index in [1.165, 1.54) is 0 Å². The zero-order valence-corrected chi connectivity index (χ0v) is 8.68. The number of hydrogen-bond acceptors (Lipinski definition) is 6. The fourth-order valence-electron chi connectivity index (χ4n) is 0.989. The first kappa shape index (κ1) is 12.5. The van der Waals surface area contributed by atoms with Gasteiger partial charge < -0.3 is 24.7 Å². The summed E-state index contributed by atoms with van der Waals surface area (Å²) in [4.78, 5) is 14.2. The Morgan fingerprint density at radius 2 is 2.38 bits per heavy atom. The first-order chi connectivity index (χ1) is 7.74. The van der Waals surface area contributed by atoms with Gasteiger partial charge in [0.05, 0.1) is 13.2 Å². The summed E-state index contributed by atoms with van der Waals surface area (Å²) in [7, 11) is 0. The molecule has 0 bridgehead atoms. The van der Waals surface area contributed by atoms with Crippen LogP contribution in [0.4, 0.5) is 6.01 Å². The average Bonchev–Trinajstić information content (AvgIpc) is 2.72. The molecule has 0 amide bonds. The molecule has 0 fully saturated rings. The number of aliphatic hydroxyl groups excluding tert-OH is 1. The van der Waals surface area contributed by atoms with E-state index in [-0.39, 0.29) is 18.3 Å². The zero-order valence-electron chi connectivity index (χ0n) is 8.68. The number of nitrogens with one attached hydrogen (secondary N) is 1. The van der Waals surface area contributed by atoms with Gasteiger partial charge in [0.1, 0.15) is 6.26 Å². The van der Waals surface area contributed by atoms with Gasteiger partial charge in [-0.05, 0) is 6.42 Å². The summed E-state index contributed by atoms with van der Waals surface area (Å²) in [5.41, 5.74) is -0.126. The Balaban J connectivity index is 2.14. The Hall–Kier alpha value is -1.60. The van der Waals surface area contributed by atoms with Crippen LogP contribution < -0.4 is 5.32 Å². The van der Waals surface area contributed by atoms with Crippen LogP contribution in [-0.4, -0.2) is 47.5 Å². The van der Waals surface area contributed by atoms with Crippen molar-refractivity contribution in [2.75, 3.05) is 31.7 Å². The summed E-state index contributed by atoms with van der Waals surface area (Å²) in [6.45, 7) is 1.41. The first-order valence-electron chi connectivity index (χ1n) is 4.85. The molecule has 0 unspecified atom stereocenters. The number of aromatic nitrogens is 1. The van der Waals surface area contributed by atoms with Gasteiger partial charge in [-0.15, -0.1) is 0 Å². The minimum absolute atomic E-state index is 0.00907. The summed E-state index contributed by atoms with van der Waals surface area (Å²) >= 11 is 0. The maximum absolute atomic E-state index is 10.5. The fourth-order valence-corrected chi connectivity index (χ4v) is 0.989. The summed E-state index contributed by atoms with van der Waals surface area (Å²) in [5, 5.41) is 19.8. The second-order valence-electron chi connectivity index (χ2n) is 2.96. The second-order valence-corrected chi connectivity index (χ2v) is 2.96. The van der Waals surface area contributed by atoms with Crippen LogP contribution in [0.3, 0.4) is 0 Å². The number of oxazole rings is 1. The van der Waals surface area contributed by atoms with Crippen molar-refractivity contribution < 1.29 is 24.2 Å². The predicted molar refractivity (Wildman–Crippen MR) is 54.5 cm³/mol. The van der Waals surface area contributed by atoms with Crippen LogP contribution in [0.15, 0.2) is 10.7 Å². The maximum Gasteiger partial charge on any atom is 0.357 e. The zero-order chi connectivity index (χ0) is 11.8. The van der Waals surface area contributed by atoms with Crippen molar-refractivity contribution in [1.82, 2.24) is 4.98 Å². The molecule has 0 radical (unpaired) electrons. The number of ether oxygens (including phenoxy) is 1. The molecule has 0 spiro atoms. The molecule has 16 heavy (non-hydrogen) atoms. The van der Waals surface area contributed by atoms with Crippen molar-refractivity contribution in [2.24, 2.45) is 0 Å². The van der Waals surface area contributed by atoms with E-state index in [1.807, 2.05) is 0 Å². The summed E-state index contributed by atoms with van der Waals surface area (Å²) < 4.78 is 9.90. The fraction of sp³-hybridized carbons (Fsp3) is 0.556. The maximum atomic E-state index is 10.5. The van der Waals surface area contributed by atoms with Crippen molar-refractivity contribution in [2.45, 2.75) is 6.42 Å². The van der Waals surface area contributed by atoms with Crippen molar-refractivity contribution in [1.29, 1.82) is 0 Å². The molecule has 7 nitrogen and oxygen atoms in total. The van der Waals surface area contributed by atoms with Gasteiger partial charge in [-0.1, -0.05) is 0 Å². The van der Waals surface area contributed by atoms with E-state index in [9.17, 15) is 4.79 Å². The topological polar surface area (TPSA) is 105 Å². The monoisotopic (exact) mass is 230 g/mol. The molecule has 0 aromatic carbocycles. The molecular formula is C9H14N2O5. The van der Waals surface area contributed by atoms with Crippen molar-refractivity contribution in [3.8, 4) is 0 Å². The van der Waals surface area contributed by atoms with Gasteiger partial charge in [0, 0.05) is 13.2 Å². The third-order valence-electron chi connectivity index (χ3n) is 1.70. The van der Waals surface area contributed by atoms with Crippen LogP contribution in [-0.2, 0) is 4.74 Å². The van der Waals surface area contributed by atoms with Crippen LogP contribution in [0.5, 0.6) is 0 Å². The summed E-state index contributed by atoms with van der Waals surface area (Å²) in [6, 6.07) is 0.180. The Morgan fingerprint density at radius 3 is 3.00 bits per heavy atom. The number of rotatable bonds is 8. The van der Waals surface area contributed by atoms with Crippen molar-refractivity contribution in [3.05, 3.63) is 12.0 Å². The van der Waals surface area contributed by atoms with Gasteiger partial charge in [0.15, 0.2) is 5.69 Å². The molecule has 90 valence electrons. The molecule has 0 saturated heterocycles. The van der Waals surface area contributed by atoms with Crippen LogP contribution >= 0.6 is 0 Å². The lowest BCUT2D eigenvalue weighted by Crippen LogP contribution is -2.08. The van der Waals surface area contributed by atoms with Gasteiger partial charge in [-0.3, -0.25) is 0 Å². The molecule has 0 atom stereocenters. The third kappa shape index (κ3) is 4.28. The van der Waals surface area contributed by atoms with E-state index in [0.29, 0.717) is 26.2 Å². The minimum Gasteiger partial charge on any atom is -0.476 e. The lowest BCUT2D eigenvalue weighted by molar-refractivity contribution is 0.0690. The van der Waals surface area contributed by atoms with Crippen LogP contribution in [0.2, 0.25) is 0 Å². The Labute approximate surface area is 92.0 Å². The molecule has 1 aromatic heterocycles. The molecular weight excluding hydrogens is 216 g/mol. The smallest absolute Gasteiger partial charge is 0.357 e. The van der Waals surface area contributed by atoms with Gasteiger partial charge in [0.2, 0.25) is 0 Å². The highest BCUT2D eigenvalue weighted by atomic mass is 16.5. The highest BCUT2D eigenvalue weighted by Crippen LogP contribution is 2.06. The normalized spacial score (nSPS) is 10.3. The number of aromatic carboxylic acids is 1. The number of carboxylic acid groups (broad SMARTS) is 1. The number of hydrogen-bond donors (Lipinski definition) is 3. The summed E-state index contributed by atoms with van der Waals surface area (Å²) in [6.07, 6.45) is 1.79.